The van der Waals surface area contributed by atoms with E-state index >= 15 is 0 Å². The van der Waals surface area contributed by atoms with Crippen LogP contribution in [0.15, 0.2) is 24.3 Å². The summed E-state index contributed by atoms with van der Waals surface area (Å²) >= 11 is 0. The molecular weight excluding hydrogens is 238 g/mol. The highest BCUT2D eigenvalue weighted by Gasteiger charge is 2.22. The van der Waals surface area contributed by atoms with E-state index in [9.17, 15) is 4.79 Å². The topological polar surface area (TPSA) is 58.4 Å². The van der Waals surface area contributed by atoms with Crippen LogP contribution in [0, 0.1) is 5.92 Å². The molecule has 0 saturated heterocycles. The molecule has 0 aliphatic heterocycles. The van der Waals surface area contributed by atoms with Crippen LogP contribution in [0.1, 0.15) is 29.6 Å². The van der Waals surface area contributed by atoms with Gasteiger partial charge in [-0.25, -0.2) is 0 Å². The summed E-state index contributed by atoms with van der Waals surface area (Å²) in [6.07, 6.45) is 3.24. The van der Waals surface area contributed by atoms with Gasteiger partial charge < -0.3 is 16.0 Å². The minimum atomic E-state index is 0.00535. The molecule has 1 aliphatic carbocycles. The Hall–Kier alpha value is -1.55. The number of hydrogen-bond donors (Lipinski definition) is 2. The summed E-state index contributed by atoms with van der Waals surface area (Å²) < 4.78 is 0. The number of nitrogens with one attached hydrogen (secondary N) is 1. The van der Waals surface area contributed by atoms with Crippen LogP contribution in [0.25, 0.3) is 0 Å². The van der Waals surface area contributed by atoms with E-state index in [1.54, 1.807) is 0 Å². The molecule has 0 aromatic heterocycles. The third-order valence-corrected chi connectivity index (χ3v) is 3.78. The molecule has 1 fully saturated rings. The van der Waals surface area contributed by atoms with Crippen LogP contribution in [0.5, 0.6) is 0 Å². The van der Waals surface area contributed by atoms with Gasteiger partial charge in [0.2, 0.25) is 0 Å². The number of rotatable bonds is 4. The Balaban J connectivity index is 1.85. The minimum absolute atomic E-state index is 0.00535. The van der Waals surface area contributed by atoms with E-state index in [2.05, 4.69) is 5.32 Å². The lowest BCUT2D eigenvalue weighted by molar-refractivity contribution is 0.0947. The van der Waals surface area contributed by atoms with Crippen LogP contribution in [0.3, 0.4) is 0 Å². The van der Waals surface area contributed by atoms with Gasteiger partial charge in [-0.2, -0.15) is 0 Å². The van der Waals surface area contributed by atoms with Gasteiger partial charge in [-0.1, -0.05) is 0 Å². The lowest BCUT2D eigenvalue weighted by atomic mass is 10.1. The number of nitrogens with two attached hydrogens (primary N) is 1. The molecule has 0 heterocycles. The Morgan fingerprint density at radius 3 is 2.53 bits per heavy atom. The Bertz CT molecular complexity index is 428. The molecular formula is C15H23N3O. The highest BCUT2D eigenvalue weighted by atomic mass is 16.1. The fraction of sp³-hybridized carbons (Fsp3) is 0.533. The minimum Gasteiger partial charge on any atom is -0.378 e. The molecule has 2 unspecified atom stereocenters. The molecule has 2 atom stereocenters. The molecule has 0 radical (unpaired) electrons. The number of hydrogen-bond acceptors (Lipinski definition) is 3. The summed E-state index contributed by atoms with van der Waals surface area (Å²) in [5.74, 6) is 0.547. The third kappa shape index (κ3) is 3.70. The Morgan fingerprint density at radius 1 is 1.32 bits per heavy atom. The van der Waals surface area contributed by atoms with Crippen molar-refractivity contribution in [3.8, 4) is 0 Å². The van der Waals surface area contributed by atoms with Gasteiger partial charge in [0.1, 0.15) is 0 Å². The van der Waals surface area contributed by atoms with Gasteiger partial charge in [0.15, 0.2) is 0 Å². The molecule has 104 valence electrons. The lowest BCUT2D eigenvalue weighted by Crippen LogP contribution is -2.29. The van der Waals surface area contributed by atoms with Gasteiger partial charge in [-0.3, -0.25) is 4.79 Å². The van der Waals surface area contributed by atoms with Crippen molar-refractivity contribution in [1.82, 2.24) is 5.32 Å². The quantitative estimate of drug-likeness (QED) is 0.865. The van der Waals surface area contributed by atoms with Crippen LogP contribution in [-0.2, 0) is 0 Å². The van der Waals surface area contributed by atoms with Gasteiger partial charge in [0, 0.05) is 37.9 Å². The first kappa shape index (κ1) is 13.9. The average molecular weight is 261 g/mol. The molecule has 0 spiro atoms. The van der Waals surface area contributed by atoms with E-state index in [4.69, 9.17) is 5.73 Å². The van der Waals surface area contributed by atoms with Crippen molar-refractivity contribution in [3.05, 3.63) is 29.8 Å². The summed E-state index contributed by atoms with van der Waals surface area (Å²) in [6.45, 7) is 0.738. The molecule has 1 saturated carbocycles. The normalized spacial score (nSPS) is 22.3. The molecule has 4 nitrogen and oxygen atoms in total. The SMILES string of the molecule is CN(C)c1ccc(C(=O)NCC2CCC(N)C2)cc1. The van der Waals surface area contributed by atoms with Crippen LogP contribution < -0.4 is 16.0 Å². The Labute approximate surface area is 115 Å². The van der Waals surface area contributed by atoms with E-state index in [0.29, 0.717) is 17.5 Å². The van der Waals surface area contributed by atoms with E-state index in [1.807, 2.05) is 43.3 Å². The third-order valence-electron chi connectivity index (χ3n) is 3.78. The zero-order valence-corrected chi connectivity index (χ0v) is 11.7. The number of carbonyl (C=O) groups excluding carboxylic acids is 1. The van der Waals surface area contributed by atoms with Gasteiger partial charge in [-0.05, 0) is 49.4 Å². The van der Waals surface area contributed by atoms with Crippen molar-refractivity contribution in [3.63, 3.8) is 0 Å². The van der Waals surface area contributed by atoms with Crippen LogP contribution in [0.2, 0.25) is 0 Å². The fourth-order valence-corrected chi connectivity index (χ4v) is 2.55. The van der Waals surface area contributed by atoms with Crippen molar-refractivity contribution in [2.75, 3.05) is 25.5 Å². The van der Waals surface area contributed by atoms with Crippen LogP contribution in [0.4, 0.5) is 5.69 Å². The van der Waals surface area contributed by atoms with Crippen molar-refractivity contribution in [2.45, 2.75) is 25.3 Å². The summed E-state index contributed by atoms with van der Waals surface area (Å²) in [6, 6.07) is 7.97. The Kier molecular flexibility index (Phi) is 4.43. The van der Waals surface area contributed by atoms with Crippen molar-refractivity contribution >= 4 is 11.6 Å². The smallest absolute Gasteiger partial charge is 0.251 e. The Morgan fingerprint density at radius 2 is 2.00 bits per heavy atom. The summed E-state index contributed by atoms with van der Waals surface area (Å²) in [4.78, 5) is 14.0. The van der Waals surface area contributed by atoms with E-state index in [0.717, 1.165) is 31.5 Å². The van der Waals surface area contributed by atoms with Gasteiger partial charge >= 0.3 is 0 Å². The molecule has 1 aliphatic rings. The first-order valence-electron chi connectivity index (χ1n) is 6.87. The number of nitrogens with zero attached hydrogens (tertiary/aromatic N) is 1. The van der Waals surface area contributed by atoms with Crippen molar-refractivity contribution in [2.24, 2.45) is 11.7 Å². The number of anilines is 1. The summed E-state index contributed by atoms with van der Waals surface area (Å²) in [5, 5.41) is 3.00. The molecule has 1 amide bonds. The molecule has 3 N–H and O–H groups in total. The highest BCUT2D eigenvalue weighted by Crippen LogP contribution is 2.23. The molecule has 4 heteroatoms. The molecule has 0 bridgehead atoms. The second-order valence-corrected chi connectivity index (χ2v) is 5.59. The van der Waals surface area contributed by atoms with Crippen LogP contribution in [-0.4, -0.2) is 32.6 Å². The van der Waals surface area contributed by atoms with Gasteiger partial charge in [-0.15, -0.1) is 0 Å². The first-order valence-corrected chi connectivity index (χ1v) is 6.87. The second-order valence-electron chi connectivity index (χ2n) is 5.59. The molecule has 1 aromatic carbocycles. The molecule has 2 rings (SSSR count). The monoisotopic (exact) mass is 261 g/mol. The first-order chi connectivity index (χ1) is 9.06. The highest BCUT2D eigenvalue weighted by molar-refractivity contribution is 5.94. The maximum Gasteiger partial charge on any atom is 0.251 e. The standard InChI is InChI=1S/C15H23N3O/c1-18(2)14-7-4-12(5-8-14)15(19)17-10-11-3-6-13(16)9-11/h4-5,7-8,11,13H,3,6,9-10,16H2,1-2H3,(H,17,19). The predicted octanol–water partition coefficient (Wildman–Crippen LogP) is 1.61. The fourth-order valence-electron chi connectivity index (χ4n) is 2.55. The van der Waals surface area contributed by atoms with E-state index in [1.165, 1.54) is 0 Å². The number of amides is 1. The number of carbonyl (C=O) groups is 1. The maximum atomic E-state index is 12.0. The maximum absolute atomic E-state index is 12.0. The predicted molar refractivity (Wildman–Crippen MR) is 78.4 cm³/mol. The van der Waals surface area contributed by atoms with E-state index in [-0.39, 0.29) is 5.91 Å². The summed E-state index contributed by atoms with van der Waals surface area (Å²) in [5.41, 5.74) is 7.68. The zero-order valence-electron chi connectivity index (χ0n) is 11.7. The zero-order chi connectivity index (χ0) is 13.8. The van der Waals surface area contributed by atoms with Crippen LogP contribution >= 0.6 is 0 Å². The second kappa shape index (κ2) is 6.06. The van der Waals surface area contributed by atoms with Crippen molar-refractivity contribution in [1.29, 1.82) is 0 Å². The largest absolute Gasteiger partial charge is 0.378 e. The number of benzene rings is 1. The van der Waals surface area contributed by atoms with Gasteiger partial charge in [0.25, 0.3) is 5.91 Å². The lowest BCUT2D eigenvalue weighted by Gasteiger charge is -2.14. The summed E-state index contributed by atoms with van der Waals surface area (Å²) in [7, 11) is 3.97. The van der Waals surface area contributed by atoms with E-state index < -0.39 is 0 Å². The molecule has 19 heavy (non-hydrogen) atoms. The van der Waals surface area contributed by atoms with Crippen molar-refractivity contribution < 1.29 is 4.79 Å². The average Bonchev–Trinajstić information content (AvgIpc) is 2.82. The molecule has 1 aromatic rings. The van der Waals surface area contributed by atoms with Gasteiger partial charge in [0.05, 0.1) is 0 Å².